The second kappa shape index (κ2) is 7.46. The van der Waals surface area contributed by atoms with Gasteiger partial charge in [-0.2, -0.15) is 0 Å². The molecule has 2 rings (SSSR count). The van der Waals surface area contributed by atoms with Crippen LogP contribution in [-0.4, -0.2) is 6.54 Å². The third kappa shape index (κ3) is 3.84. The lowest BCUT2D eigenvalue weighted by atomic mass is 10.1. The van der Waals surface area contributed by atoms with E-state index in [0.29, 0.717) is 0 Å². The summed E-state index contributed by atoms with van der Waals surface area (Å²) in [6.07, 6.45) is 1.12. The minimum Gasteiger partial charge on any atom is -0.456 e. The van der Waals surface area contributed by atoms with Gasteiger partial charge < -0.3 is 10.1 Å². The molecule has 0 aromatic heterocycles. The lowest BCUT2D eigenvalue weighted by Crippen LogP contribution is -2.19. The van der Waals surface area contributed by atoms with E-state index >= 15 is 0 Å². The van der Waals surface area contributed by atoms with Crippen LogP contribution in [0.1, 0.15) is 31.9 Å². The van der Waals surface area contributed by atoms with Gasteiger partial charge in [0.25, 0.3) is 0 Å². The molecule has 1 atom stereocenters. The molecule has 0 fully saturated rings. The predicted molar refractivity (Wildman–Crippen MR) is 87.4 cm³/mol. The number of rotatable bonds is 6. The first-order chi connectivity index (χ1) is 9.72. The molecule has 0 heterocycles. The highest BCUT2D eigenvalue weighted by molar-refractivity contribution is 9.10. The van der Waals surface area contributed by atoms with E-state index in [2.05, 4.69) is 41.2 Å². The number of para-hydroxylation sites is 2. The Morgan fingerprint density at radius 1 is 1.05 bits per heavy atom. The van der Waals surface area contributed by atoms with Gasteiger partial charge in [0.2, 0.25) is 0 Å². The Balaban J connectivity index is 2.22. The zero-order valence-corrected chi connectivity index (χ0v) is 13.5. The van der Waals surface area contributed by atoms with E-state index in [1.807, 2.05) is 42.5 Å². The first kappa shape index (κ1) is 15.1. The Hall–Kier alpha value is -1.32. The summed E-state index contributed by atoms with van der Waals surface area (Å²) in [7, 11) is 0. The molecule has 0 aliphatic carbocycles. The van der Waals surface area contributed by atoms with Crippen LogP contribution in [0.4, 0.5) is 0 Å². The highest BCUT2D eigenvalue weighted by Gasteiger charge is 2.12. The molecule has 106 valence electrons. The molecule has 0 radical (unpaired) electrons. The topological polar surface area (TPSA) is 21.3 Å². The summed E-state index contributed by atoms with van der Waals surface area (Å²) in [4.78, 5) is 0. The van der Waals surface area contributed by atoms with E-state index in [1.54, 1.807) is 0 Å². The first-order valence-electron chi connectivity index (χ1n) is 6.97. The summed E-state index contributed by atoms with van der Waals surface area (Å²) in [5.74, 6) is 1.73. The summed E-state index contributed by atoms with van der Waals surface area (Å²) in [5, 5.41) is 3.50. The second-order valence-corrected chi connectivity index (χ2v) is 5.60. The highest BCUT2D eigenvalue weighted by Crippen LogP contribution is 2.33. The van der Waals surface area contributed by atoms with E-state index in [9.17, 15) is 0 Å². The van der Waals surface area contributed by atoms with E-state index in [4.69, 9.17) is 4.74 Å². The minimum atomic E-state index is 0.272. The van der Waals surface area contributed by atoms with Crippen LogP contribution in [0.25, 0.3) is 0 Å². The van der Waals surface area contributed by atoms with Crippen molar-refractivity contribution in [3.05, 3.63) is 58.6 Å². The quantitative estimate of drug-likeness (QED) is 0.774. The minimum absolute atomic E-state index is 0.272. The maximum atomic E-state index is 6.05. The van der Waals surface area contributed by atoms with Crippen molar-refractivity contribution in [2.24, 2.45) is 0 Å². The molecule has 0 saturated heterocycles. The van der Waals surface area contributed by atoms with Crippen molar-refractivity contribution in [3.8, 4) is 11.5 Å². The van der Waals surface area contributed by atoms with Crippen LogP contribution >= 0.6 is 15.9 Å². The lowest BCUT2D eigenvalue weighted by Gasteiger charge is -2.18. The molecule has 2 nitrogen and oxygen atoms in total. The SMILES string of the molecule is CCCNC(C)c1ccccc1Oc1ccccc1Br. The van der Waals surface area contributed by atoms with Gasteiger partial charge >= 0.3 is 0 Å². The summed E-state index contributed by atoms with van der Waals surface area (Å²) in [5.41, 5.74) is 1.18. The Morgan fingerprint density at radius 3 is 2.40 bits per heavy atom. The number of hydrogen-bond donors (Lipinski definition) is 1. The van der Waals surface area contributed by atoms with Gasteiger partial charge in [-0.1, -0.05) is 37.3 Å². The standard InChI is InChI=1S/C17H20BrNO/c1-3-12-19-13(2)14-8-4-6-10-16(14)20-17-11-7-5-9-15(17)18/h4-11,13,19H,3,12H2,1-2H3. The Bertz CT molecular complexity index is 556. The van der Waals surface area contributed by atoms with E-state index in [1.165, 1.54) is 5.56 Å². The Morgan fingerprint density at radius 2 is 1.70 bits per heavy atom. The Labute approximate surface area is 129 Å². The third-order valence-corrected chi connectivity index (χ3v) is 3.80. The Kier molecular flexibility index (Phi) is 5.62. The number of halogens is 1. The average molecular weight is 334 g/mol. The highest BCUT2D eigenvalue weighted by atomic mass is 79.9. The van der Waals surface area contributed by atoms with Gasteiger partial charge in [0.05, 0.1) is 4.47 Å². The van der Waals surface area contributed by atoms with Crippen molar-refractivity contribution in [1.82, 2.24) is 5.32 Å². The largest absolute Gasteiger partial charge is 0.456 e. The fraction of sp³-hybridized carbons (Fsp3) is 0.294. The number of ether oxygens (including phenoxy) is 1. The van der Waals surface area contributed by atoms with Crippen LogP contribution in [0.3, 0.4) is 0 Å². The van der Waals surface area contributed by atoms with Crippen molar-refractivity contribution >= 4 is 15.9 Å². The van der Waals surface area contributed by atoms with Crippen molar-refractivity contribution in [1.29, 1.82) is 0 Å². The molecule has 2 aromatic rings. The fourth-order valence-electron chi connectivity index (χ4n) is 2.05. The summed E-state index contributed by atoms with van der Waals surface area (Å²) >= 11 is 3.52. The van der Waals surface area contributed by atoms with Gasteiger partial charge in [0, 0.05) is 11.6 Å². The van der Waals surface area contributed by atoms with Crippen LogP contribution in [-0.2, 0) is 0 Å². The molecule has 0 spiro atoms. The number of hydrogen-bond acceptors (Lipinski definition) is 2. The van der Waals surface area contributed by atoms with Gasteiger partial charge in [-0.25, -0.2) is 0 Å². The zero-order chi connectivity index (χ0) is 14.4. The molecule has 0 saturated carbocycles. The molecule has 2 aromatic carbocycles. The number of benzene rings is 2. The average Bonchev–Trinajstić information content (AvgIpc) is 2.48. The summed E-state index contributed by atoms with van der Waals surface area (Å²) in [6, 6.07) is 16.3. The van der Waals surface area contributed by atoms with Crippen LogP contribution in [0.15, 0.2) is 53.0 Å². The monoisotopic (exact) mass is 333 g/mol. The third-order valence-electron chi connectivity index (χ3n) is 3.14. The molecular formula is C17H20BrNO. The van der Waals surface area contributed by atoms with Crippen LogP contribution in [0.2, 0.25) is 0 Å². The van der Waals surface area contributed by atoms with Gasteiger partial charge in [0.1, 0.15) is 11.5 Å². The normalized spacial score (nSPS) is 12.2. The lowest BCUT2D eigenvalue weighted by molar-refractivity contribution is 0.458. The summed E-state index contributed by atoms with van der Waals surface area (Å²) in [6.45, 7) is 5.34. The first-order valence-corrected chi connectivity index (χ1v) is 7.76. The van der Waals surface area contributed by atoms with Gasteiger partial charge in [0.15, 0.2) is 0 Å². The van der Waals surface area contributed by atoms with E-state index in [0.717, 1.165) is 28.9 Å². The van der Waals surface area contributed by atoms with Gasteiger partial charge in [-0.15, -0.1) is 0 Å². The van der Waals surface area contributed by atoms with Crippen LogP contribution in [0.5, 0.6) is 11.5 Å². The smallest absolute Gasteiger partial charge is 0.141 e. The molecular weight excluding hydrogens is 314 g/mol. The van der Waals surface area contributed by atoms with Gasteiger partial charge in [-0.05, 0) is 54.0 Å². The molecule has 0 bridgehead atoms. The van der Waals surface area contributed by atoms with Crippen LogP contribution < -0.4 is 10.1 Å². The van der Waals surface area contributed by atoms with Crippen molar-refractivity contribution in [2.75, 3.05) is 6.54 Å². The predicted octanol–water partition coefficient (Wildman–Crippen LogP) is 5.30. The maximum Gasteiger partial charge on any atom is 0.141 e. The van der Waals surface area contributed by atoms with Crippen molar-refractivity contribution in [2.45, 2.75) is 26.3 Å². The second-order valence-electron chi connectivity index (χ2n) is 4.75. The van der Waals surface area contributed by atoms with Gasteiger partial charge in [-0.3, -0.25) is 0 Å². The maximum absolute atomic E-state index is 6.05. The zero-order valence-electron chi connectivity index (χ0n) is 11.9. The fourth-order valence-corrected chi connectivity index (χ4v) is 2.41. The van der Waals surface area contributed by atoms with Crippen LogP contribution in [0, 0.1) is 0 Å². The van der Waals surface area contributed by atoms with E-state index < -0.39 is 0 Å². The summed E-state index contributed by atoms with van der Waals surface area (Å²) < 4.78 is 7.02. The molecule has 0 aliphatic rings. The molecule has 1 unspecified atom stereocenters. The molecule has 0 amide bonds. The number of nitrogens with one attached hydrogen (secondary N) is 1. The van der Waals surface area contributed by atoms with Crippen molar-refractivity contribution < 1.29 is 4.74 Å². The molecule has 20 heavy (non-hydrogen) atoms. The molecule has 1 N–H and O–H groups in total. The van der Waals surface area contributed by atoms with Crippen molar-refractivity contribution in [3.63, 3.8) is 0 Å². The molecule has 0 aliphatic heterocycles. The van der Waals surface area contributed by atoms with E-state index in [-0.39, 0.29) is 6.04 Å². The molecule has 3 heteroatoms.